The van der Waals surface area contributed by atoms with Crippen molar-refractivity contribution in [2.45, 2.75) is 19.4 Å². The predicted octanol–water partition coefficient (Wildman–Crippen LogP) is 3.35. The van der Waals surface area contributed by atoms with Crippen LogP contribution in [-0.4, -0.2) is 37.7 Å². The Kier molecular flexibility index (Phi) is 5.00. The second-order valence-corrected chi connectivity index (χ2v) is 7.23. The molecule has 0 saturated carbocycles. The van der Waals surface area contributed by atoms with Crippen molar-refractivity contribution in [3.05, 3.63) is 47.0 Å². The summed E-state index contributed by atoms with van der Waals surface area (Å²) in [5.74, 6) is 1.25. The van der Waals surface area contributed by atoms with Crippen LogP contribution in [0.15, 0.2) is 36.4 Å². The van der Waals surface area contributed by atoms with Crippen molar-refractivity contribution in [2.24, 2.45) is 0 Å². The van der Waals surface area contributed by atoms with E-state index in [1.807, 2.05) is 19.1 Å². The fourth-order valence-electron chi connectivity index (χ4n) is 3.33. The summed E-state index contributed by atoms with van der Waals surface area (Å²) in [6.45, 7) is 3.27. The molecule has 146 valence electrons. The summed E-state index contributed by atoms with van der Waals surface area (Å²) >= 11 is 5.98. The molecule has 0 bridgehead atoms. The lowest BCUT2D eigenvalue weighted by Gasteiger charge is -2.22. The summed E-state index contributed by atoms with van der Waals surface area (Å²) < 4.78 is 11.1. The molecule has 0 aromatic heterocycles. The number of carbonyl (C=O) groups is 2. The molecule has 7 nitrogen and oxygen atoms in total. The number of anilines is 2. The maximum Gasteiger partial charge on any atom is 0.319 e. The van der Waals surface area contributed by atoms with Gasteiger partial charge >= 0.3 is 6.03 Å². The van der Waals surface area contributed by atoms with Gasteiger partial charge in [0, 0.05) is 35.4 Å². The molecule has 3 amide bonds. The number of fused-ring (bicyclic) bond motifs is 1. The zero-order valence-electron chi connectivity index (χ0n) is 15.3. The van der Waals surface area contributed by atoms with Crippen LogP contribution in [0.4, 0.5) is 16.2 Å². The minimum Gasteiger partial charge on any atom is -0.486 e. The number of halogens is 1. The first-order chi connectivity index (χ1) is 13.5. The molecule has 4 rings (SSSR count). The summed E-state index contributed by atoms with van der Waals surface area (Å²) in [6, 6.07) is 10.0. The van der Waals surface area contributed by atoms with Crippen molar-refractivity contribution >= 4 is 34.9 Å². The number of carbonyl (C=O) groups excluding carboxylic acids is 2. The molecule has 2 aliphatic rings. The molecule has 2 aromatic carbocycles. The SMILES string of the molecule is Cc1ccc(Cl)cc1NC(=O)N[C@@H]1CC(=O)N(c2ccc3c(c2)OCCO3)C1. The van der Waals surface area contributed by atoms with E-state index in [0.717, 1.165) is 11.3 Å². The fourth-order valence-corrected chi connectivity index (χ4v) is 3.50. The highest BCUT2D eigenvalue weighted by Gasteiger charge is 2.32. The zero-order chi connectivity index (χ0) is 19.7. The van der Waals surface area contributed by atoms with Gasteiger partial charge in [0.15, 0.2) is 11.5 Å². The largest absolute Gasteiger partial charge is 0.486 e. The number of rotatable bonds is 3. The highest BCUT2D eigenvalue weighted by atomic mass is 35.5. The Morgan fingerprint density at radius 1 is 1.14 bits per heavy atom. The summed E-state index contributed by atoms with van der Waals surface area (Å²) in [4.78, 5) is 26.4. The number of ether oxygens (including phenoxy) is 2. The van der Waals surface area contributed by atoms with E-state index in [2.05, 4.69) is 10.6 Å². The van der Waals surface area contributed by atoms with E-state index >= 15 is 0 Å². The van der Waals surface area contributed by atoms with Crippen molar-refractivity contribution < 1.29 is 19.1 Å². The summed E-state index contributed by atoms with van der Waals surface area (Å²) in [6.07, 6.45) is 0.233. The Morgan fingerprint density at radius 3 is 2.75 bits per heavy atom. The van der Waals surface area contributed by atoms with Gasteiger partial charge in [0.25, 0.3) is 0 Å². The standard InChI is InChI=1S/C20H20ClN3O4/c1-12-2-3-13(21)8-16(12)23-20(26)22-14-9-19(25)24(11-14)15-4-5-17-18(10-15)28-7-6-27-17/h2-5,8,10,14H,6-7,9,11H2,1H3,(H2,22,23,26)/t14-/m1/s1. The second kappa shape index (κ2) is 7.59. The lowest BCUT2D eigenvalue weighted by molar-refractivity contribution is -0.117. The highest BCUT2D eigenvalue weighted by Crippen LogP contribution is 2.35. The van der Waals surface area contributed by atoms with E-state index in [4.69, 9.17) is 21.1 Å². The Hall–Kier alpha value is -2.93. The van der Waals surface area contributed by atoms with Crippen LogP contribution in [0.3, 0.4) is 0 Å². The lowest BCUT2D eigenvalue weighted by atomic mass is 10.2. The number of nitrogens with one attached hydrogen (secondary N) is 2. The molecule has 2 aliphatic heterocycles. The quantitative estimate of drug-likeness (QED) is 0.826. The third kappa shape index (κ3) is 3.84. The molecule has 2 aromatic rings. The zero-order valence-corrected chi connectivity index (χ0v) is 16.1. The van der Waals surface area contributed by atoms with E-state index in [1.54, 1.807) is 29.2 Å². The maximum absolute atomic E-state index is 12.5. The van der Waals surface area contributed by atoms with Crippen molar-refractivity contribution in [2.75, 3.05) is 30.0 Å². The van der Waals surface area contributed by atoms with Gasteiger partial charge in [0.1, 0.15) is 13.2 Å². The summed E-state index contributed by atoms with van der Waals surface area (Å²) in [5.41, 5.74) is 2.27. The van der Waals surface area contributed by atoms with Gasteiger partial charge in [-0.1, -0.05) is 17.7 Å². The smallest absolute Gasteiger partial charge is 0.319 e. The molecule has 0 spiro atoms. The number of amides is 3. The topological polar surface area (TPSA) is 79.9 Å². The van der Waals surface area contributed by atoms with Crippen LogP contribution in [0.5, 0.6) is 11.5 Å². The molecule has 2 heterocycles. The average Bonchev–Trinajstić information content (AvgIpc) is 3.04. The lowest BCUT2D eigenvalue weighted by Crippen LogP contribution is -2.39. The van der Waals surface area contributed by atoms with Crippen molar-refractivity contribution in [3.8, 4) is 11.5 Å². The number of benzene rings is 2. The monoisotopic (exact) mass is 401 g/mol. The van der Waals surface area contributed by atoms with E-state index in [0.29, 0.717) is 42.0 Å². The third-order valence-electron chi connectivity index (χ3n) is 4.75. The Labute approximate surface area is 167 Å². The number of hydrogen-bond donors (Lipinski definition) is 2. The fraction of sp³-hybridized carbons (Fsp3) is 0.300. The minimum absolute atomic E-state index is 0.0547. The van der Waals surface area contributed by atoms with Gasteiger partial charge in [-0.05, 0) is 36.8 Å². The van der Waals surface area contributed by atoms with Crippen molar-refractivity contribution in [1.82, 2.24) is 5.32 Å². The van der Waals surface area contributed by atoms with Crippen LogP contribution in [0, 0.1) is 6.92 Å². The predicted molar refractivity (Wildman–Crippen MR) is 107 cm³/mol. The molecular weight excluding hydrogens is 382 g/mol. The first kappa shape index (κ1) is 18.4. The van der Waals surface area contributed by atoms with E-state index in [1.165, 1.54) is 0 Å². The van der Waals surface area contributed by atoms with Gasteiger partial charge in [-0.25, -0.2) is 4.79 Å². The molecule has 0 radical (unpaired) electrons. The molecule has 1 saturated heterocycles. The van der Waals surface area contributed by atoms with Crippen LogP contribution in [-0.2, 0) is 4.79 Å². The van der Waals surface area contributed by atoms with Gasteiger partial charge in [0.2, 0.25) is 5.91 Å². The molecule has 8 heteroatoms. The van der Waals surface area contributed by atoms with Crippen LogP contribution in [0.1, 0.15) is 12.0 Å². The molecule has 28 heavy (non-hydrogen) atoms. The van der Waals surface area contributed by atoms with E-state index in [-0.39, 0.29) is 24.4 Å². The molecular formula is C20H20ClN3O4. The van der Waals surface area contributed by atoms with Crippen molar-refractivity contribution in [1.29, 1.82) is 0 Å². The highest BCUT2D eigenvalue weighted by molar-refractivity contribution is 6.31. The van der Waals surface area contributed by atoms with Crippen molar-refractivity contribution in [3.63, 3.8) is 0 Å². The second-order valence-electron chi connectivity index (χ2n) is 6.79. The minimum atomic E-state index is -0.368. The molecule has 0 unspecified atom stereocenters. The molecule has 2 N–H and O–H groups in total. The molecule has 0 aliphatic carbocycles. The van der Waals surface area contributed by atoms with Crippen LogP contribution in [0.25, 0.3) is 0 Å². The Balaban J connectivity index is 1.40. The van der Waals surface area contributed by atoms with Gasteiger partial charge in [0.05, 0.1) is 6.04 Å². The first-order valence-corrected chi connectivity index (χ1v) is 9.41. The average molecular weight is 402 g/mol. The van der Waals surface area contributed by atoms with Gasteiger partial charge < -0.3 is 25.0 Å². The first-order valence-electron chi connectivity index (χ1n) is 9.03. The van der Waals surface area contributed by atoms with Gasteiger partial charge in [-0.2, -0.15) is 0 Å². The molecule has 1 atom stereocenters. The molecule has 1 fully saturated rings. The number of urea groups is 1. The Morgan fingerprint density at radius 2 is 1.93 bits per heavy atom. The number of hydrogen-bond acceptors (Lipinski definition) is 4. The van der Waals surface area contributed by atoms with Crippen LogP contribution < -0.4 is 25.0 Å². The van der Waals surface area contributed by atoms with Gasteiger partial charge in [-0.15, -0.1) is 0 Å². The van der Waals surface area contributed by atoms with E-state index < -0.39 is 0 Å². The third-order valence-corrected chi connectivity index (χ3v) is 4.98. The van der Waals surface area contributed by atoms with Crippen LogP contribution >= 0.6 is 11.6 Å². The van der Waals surface area contributed by atoms with Crippen LogP contribution in [0.2, 0.25) is 5.02 Å². The summed E-state index contributed by atoms with van der Waals surface area (Å²) in [7, 11) is 0. The summed E-state index contributed by atoms with van der Waals surface area (Å²) in [5, 5.41) is 6.19. The van der Waals surface area contributed by atoms with Gasteiger partial charge in [-0.3, -0.25) is 4.79 Å². The maximum atomic E-state index is 12.5. The Bertz CT molecular complexity index is 934. The number of nitrogens with zero attached hydrogens (tertiary/aromatic N) is 1. The normalized spacial score (nSPS) is 18.1. The van der Waals surface area contributed by atoms with E-state index in [9.17, 15) is 9.59 Å². The number of aryl methyl sites for hydroxylation is 1.